The highest BCUT2D eigenvalue weighted by Gasteiger charge is 2.22. The van der Waals surface area contributed by atoms with Gasteiger partial charge < -0.3 is 5.32 Å². The first-order chi connectivity index (χ1) is 8.61. The number of nitrogens with one attached hydrogen (secondary N) is 1. The smallest absolute Gasteiger partial charge is 0.150 e. The van der Waals surface area contributed by atoms with Gasteiger partial charge >= 0.3 is 0 Å². The molecule has 0 spiro atoms. The van der Waals surface area contributed by atoms with Crippen LogP contribution >= 0.6 is 34.8 Å². The van der Waals surface area contributed by atoms with Crippen LogP contribution in [-0.2, 0) is 0 Å². The van der Waals surface area contributed by atoms with E-state index in [1.54, 1.807) is 6.07 Å². The predicted molar refractivity (Wildman–Crippen MR) is 78.0 cm³/mol. The molecule has 1 fully saturated rings. The van der Waals surface area contributed by atoms with Crippen LogP contribution in [0.3, 0.4) is 0 Å². The third-order valence-electron chi connectivity index (χ3n) is 3.30. The number of aromatic nitrogens is 1. The average Bonchev–Trinajstić information content (AvgIpc) is 2.79. The third-order valence-corrected chi connectivity index (χ3v) is 4.26. The Kier molecular flexibility index (Phi) is 4.96. The lowest BCUT2D eigenvalue weighted by atomic mass is 10.2. The molecule has 0 radical (unpaired) electrons. The standard InChI is InChI=1S/C12H16Cl3N3/c1-2-18-5-3-4-8(18)7-16-12-10(14)6-9(13)11(15)17-12/h6,8H,2-5,7H2,1H3,(H,16,17). The van der Waals surface area contributed by atoms with Gasteiger partial charge in [-0.1, -0.05) is 41.7 Å². The summed E-state index contributed by atoms with van der Waals surface area (Å²) in [6, 6.07) is 2.16. The number of pyridine rings is 1. The van der Waals surface area contributed by atoms with E-state index in [-0.39, 0.29) is 5.15 Å². The van der Waals surface area contributed by atoms with Crippen LogP contribution in [0.4, 0.5) is 5.82 Å². The van der Waals surface area contributed by atoms with Crippen LogP contribution in [0.25, 0.3) is 0 Å². The van der Waals surface area contributed by atoms with Gasteiger partial charge in [-0.2, -0.15) is 0 Å². The molecule has 2 heterocycles. The van der Waals surface area contributed by atoms with Gasteiger partial charge in [0.05, 0.1) is 10.0 Å². The Morgan fingerprint density at radius 1 is 1.39 bits per heavy atom. The van der Waals surface area contributed by atoms with E-state index in [2.05, 4.69) is 22.1 Å². The van der Waals surface area contributed by atoms with Crippen LogP contribution in [0.1, 0.15) is 19.8 Å². The normalized spacial score (nSPS) is 20.3. The molecule has 1 N–H and O–H groups in total. The van der Waals surface area contributed by atoms with Gasteiger partial charge in [0.15, 0.2) is 0 Å². The molecule has 18 heavy (non-hydrogen) atoms. The monoisotopic (exact) mass is 307 g/mol. The fourth-order valence-corrected chi connectivity index (χ4v) is 2.89. The van der Waals surface area contributed by atoms with E-state index >= 15 is 0 Å². The molecule has 100 valence electrons. The molecular formula is C12H16Cl3N3. The summed E-state index contributed by atoms with van der Waals surface area (Å²) in [5.74, 6) is 0.606. The number of rotatable bonds is 4. The minimum absolute atomic E-state index is 0.280. The summed E-state index contributed by atoms with van der Waals surface area (Å²) in [7, 11) is 0. The fourth-order valence-electron chi connectivity index (χ4n) is 2.33. The van der Waals surface area contributed by atoms with Crippen molar-refractivity contribution < 1.29 is 0 Å². The van der Waals surface area contributed by atoms with Gasteiger partial charge in [0.1, 0.15) is 11.0 Å². The SMILES string of the molecule is CCN1CCCC1CNc1nc(Cl)c(Cl)cc1Cl. The molecule has 0 amide bonds. The summed E-state index contributed by atoms with van der Waals surface area (Å²) >= 11 is 17.8. The zero-order valence-electron chi connectivity index (χ0n) is 10.2. The Morgan fingerprint density at radius 3 is 2.89 bits per heavy atom. The van der Waals surface area contributed by atoms with Crippen LogP contribution in [0, 0.1) is 0 Å². The van der Waals surface area contributed by atoms with Gasteiger partial charge in [-0.25, -0.2) is 4.98 Å². The van der Waals surface area contributed by atoms with Crippen molar-refractivity contribution in [2.75, 3.05) is 25.0 Å². The average molecular weight is 309 g/mol. The van der Waals surface area contributed by atoms with Crippen molar-refractivity contribution in [2.24, 2.45) is 0 Å². The third kappa shape index (κ3) is 3.21. The van der Waals surface area contributed by atoms with Gasteiger partial charge in [0, 0.05) is 12.6 Å². The second kappa shape index (κ2) is 6.29. The number of likely N-dealkylation sites (tertiary alicyclic amines) is 1. The summed E-state index contributed by atoms with van der Waals surface area (Å²) in [5.41, 5.74) is 0. The van der Waals surface area contributed by atoms with Crippen LogP contribution in [-0.4, -0.2) is 35.6 Å². The lowest BCUT2D eigenvalue weighted by Crippen LogP contribution is -2.34. The highest BCUT2D eigenvalue weighted by atomic mass is 35.5. The van der Waals surface area contributed by atoms with E-state index in [0.717, 1.165) is 13.1 Å². The largest absolute Gasteiger partial charge is 0.367 e. The van der Waals surface area contributed by atoms with E-state index in [1.165, 1.54) is 19.4 Å². The fraction of sp³-hybridized carbons (Fsp3) is 0.583. The lowest BCUT2D eigenvalue weighted by molar-refractivity contribution is 0.277. The molecule has 1 saturated heterocycles. The van der Waals surface area contributed by atoms with Crippen molar-refractivity contribution in [1.29, 1.82) is 0 Å². The highest BCUT2D eigenvalue weighted by molar-refractivity contribution is 6.42. The molecule has 1 aliphatic heterocycles. The minimum Gasteiger partial charge on any atom is -0.367 e. The molecule has 1 aromatic rings. The second-order valence-electron chi connectivity index (χ2n) is 4.40. The van der Waals surface area contributed by atoms with E-state index in [9.17, 15) is 0 Å². The van der Waals surface area contributed by atoms with Crippen LogP contribution in [0.15, 0.2) is 6.07 Å². The number of nitrogens with zero attached hydrogens (tertiary/aromatic N) is 2. The first-order valence-electron chi connectivity index (χ1n) is 6.11. The minimum atomic E-state index is 0.280. The Balaban J connectivity index is 2.00. The van der Waals surface area contributed by atoms with Crippen molar-refractivity contribution in [1.82, 2.24) is 9.88 Å². The van der Waals surface area contributed by atoms with E-state index in [1.807, 2.05) is 0 Å². The van der Waals surface area contributed by atoms with Gasteiger partial charge in [-0.3, -0.25) is 4.90 Å². The molecule has 0 aliphatic carbocycles. The maximum atomic E-state index is 6.08. The summed E-state index contributed by atoms with van der Waals surface area (Å²) in [5, 5.41) is 4.42. The zero-order chi connectivity index (χ0) is 13.1. The zero-order valence-corrected chi connectivity index (χ0v) is 12.5. The van der Waals surface area contributed by atoms with Crippen molar-refractivity contribution in [3.8, 4) is 0 Å². The quantitative estimate of drug-likeness (QED) is 0.854. The van der Waals surface area contributed by atoms with Crippen LogP contribution in [0.2, 0.25) is 15.2 Å². The first-order valence-corrected chi connectivity index (χ1v) is 7.24. The first kappa shape index (κ1) is 14.2. The molecule has 1 atom stereocenters. The molecule has 3 nitrogen and oxygen atoms in total. The van der Waals surface area contributed by atoms with Gasteiger partial charge in [0.2, 0.25) is 0 Å². The molecule has 1 aliphatic rings. The predicted octanol–water partition coefficient (Wildman–Crippen LogP) is 3.94. The summed E-state index contributed by atoms with van der Waals surface area (Å²) < 4.78 is 0. The number of likely N-dealkylation sites (N-methyl/N-ethyl adjacent to an activating group) is 1. The van der Waals surface area contributed by atoms with E-state index in [0.29, 0.717) is 21.9 Å². The van der Waals surface area contributed by atoms with Crippen molar-refractivity contribution in [2.45, 2.75) is 25.8 Å². The number of hydrogen-bond acceptors (Lipinski definition) is 3. The highest BCUT2D eigenvalue weighted by Crippen LogP contribution is 2.29. The Hall–Kier alpha value is -0.220. The molecule has 2 rings (SSSR count). The molecular weight excluding hydrogens is 293 g/mol. The molecule has 6 heteroatoms. The molecule has 0 bridgehead atoms. The number of anilines is 1. The summed E-state index contributed by atoms with van der Waals surface area (Å²) in [6.45, 7) is 5.27. The maximum Gasteiger partial charge on any atom is 0.150 e. The van der Waals surface area contributed by atoms with E-state index < -0.39 is 0 Å². The molecule has 0 saturated carbocycles. The van der Waals surface area contributed by atoms with Gasteiger partial charge in [0.25, 0.3) is 0 Å². The maximum absolute atomic E-state index is 6.08. The molecule has 1 aromatic heterocycles. The molecule has 0 aromatic carbocycles. The Bertz CT molecular complexity index is 425. The lowest BCUT2D eigenvalue weighted by Gasteiger charge is -2.23. The molecule has 1 unspecified atom stereocenters. The number of hydrogen-bond donors (Lipinski definition) is 1. The van der Waals surface area contributed by atoms with E-state index in [4.69, 9.17) is 34.8 Å². The topological polar surface area (TPSA) is 28.2 Å². The number of halogens is 3. The van der Waals surface area contributed by atoms with Crippen LogP contribution in [0.5, 0.6) is 0 Å². The second-order valence-corrected chi connectivity index (χ2v) is 5.57. The van der Waals surface area contributed by atoms with Crippen molar-refractivity contribution in [3.63, 3.8) is 0 Å². The van der Waals surface area contributed by atoms with Crippen LogP contribution < -0.4 is 5.32 Å². The van der Waals surface area contributed by atoms with Gasteiger partial charge in [-0.15, -0.1) is 0 Å². The van der Waals surface area contributed by atoms with Gasteiger partial charge in [-0.05, 0) is 32.0 Å². The van der Waals surface area contributed by atoms with Crippen molar-refractivity contribution >= 4 is 40.6 Å². The Morgan fingerprint density at radius 2 is 2.17 bits per heavy atom. The Labute approximate surface area is 122 Å². The van der Waals surface area contributed by atoms with Crippen molar-refractivity contribution in [3.05, 3.63) is 21.3 Å². The summed E-state index contributed by atoms with van der Waals surface area (Å²) in [4.78, 5) is 6.61. The summed E-state index contributed by atoms with van der Waals surface area (Å²) in [6.07, 6.45) is 2.46.